The first-order chi connectivity index (χ1) is 11.7. The summed E-state index contributed by atoms with van der Waals surface area (Å²) in [6, 6.07) is 4.68. The van der Waals surface area contributed by atoms with Gasteiger partial charge in [-0.25, -0.2) is 0 Å². The summed E-state index contributed by atoms with van der Waals surface area (Å²) in [6.45, 7) is 3.33. The molecule has 24 heavy (non-hydrogen) atoms. The summed E-state index contributed by atoms with van der Waals surface area (Å²) in [5, 5.41) is 9.11. The molecule has 2 saturated heterocycles. The van der Waals surface area contributed by atoms with Gasteiger partial charge in [0, 0.05) is 25.3 Å². The summed E-state index contributed by atoms with van der Waals surface area (Å²) in [7, 11) is 2.25. The van der Waals surface area contributed by atoms with Crippen molar-refractivity contribution in [3.05, 3.63) is 29.7 Å². The van der Waals surface area contributed by atoms with Gasteiger partial charge in [-0.1, -0.05) is 11.6 Å². The Morgan fingerprint density at radius 1 is 1.25 bits per heavy atom. The van der Waals surface area contributed by atoms with E-state index in [-0.39, 0.29) is 0 Å². The van der Waals surface area contributed by atoms with E-state index in [0.29, 0.717) is 11.1 Å². The largest absolute Gasteiger partial charge is 0.366 e. The van der Waals surface area contributed by atoms with Crippen LogP contribution in [0.5, 0.6) is 0 Å². The first kappa shape index (κ1) is 14.4. The maximum Gasteiger partial charge on any atom is 0.184 e. The van der Waals surface area contributed by atoms with Gasteiger partial charge in [0.05, 0.1) is 21.7 Å². The number of likely N-dealkylation sites (N-methyl/N-ethyl adjacent to an activating group) is 1. The highest BCUT2D eigenvalue weighted by Gasteiger charge is 2.38. The number of likely N-dealkylation sites (tertiary alicyclic amines) is 1. The summed E-state index contributed by atoms with van der Waals surface area (Å²) in [4.78, 5) is 9.47. The lowest BCUT2D eigenvalue weighted by molar-refractivity contribution is 0.158. The van der Waals surface area contributed by atoms with Crippen LogP contribution in [0, 0.1) is 5.92 Å². The van der Waals surface area contributed by atoms with Crippen LogP contribution in [-0.4, -0.2) is 57.2 Å². The van der Waals surface area contributed by atoms with E-state index in [1.165, 1.54) is 19.4 Å². The molecule has 6 nitrogen and oxygen atoms in total. The van der Waals surface area contributed by atoms with Gasteiger partial charge in [0.15, 0.2) is 5.65 Å². The van der Waals surface area contributed by atoms with E-state index in [1.807, 2.05) is 10.5 Å². The van der Waals surface area contributed by atoms with E-state index in [9.17, 15) is 0 Å². The van der Waals surface area contributed by atoms with E-state index in [2.05, 4.69) is 38.1 Å². The van der Waals surface area contributed by atoms with Gasteiger partial charge in [-0.15, -0.1) is 10.2 Å². The monoisotopic (exact) mass is 342 g/mol. The van der Waals surface area contributed by atoms with Crippen molar-refractivity contribution in [2.45, 2.75) is 18.9 Å². The van der Waals surface area contributed by atoms with E-state index < -0.39 is 0 Å². The van der Waals surface area contributed by atoms with Crippen LogP contribution in [0.4, 0.5) is 5.69 Å². The molecule has 2 aliphatic heterocycles. The molecule has 0 amide bonds. The highest BCUT2D eigenvalue weighted by molar-refractivity contribution is 6.31. The molecule has 0 saturated carbocycles. The van der Waals surface area contributed by atoms with E-state index in [0.717, 1.165) is 41.4 Å². The number of piperidine rings is 1. The minimum Gasteiger partial charge on any atom is -0.366 e. The third-order valence-corrected chi connectivity index (χ3v) is 5.78. The molecular weight excluding hydrogens is 324 g/mol. The van der Waals surface area contributed by atoms with Gasteiger partial charge in [0.2, 0.25) is 0 Å². The Hall–Kier alpha value is -1.92. The second kappa shape index (κ2) is 5.29. The number of hydrogen-bond acceptors (Lipinski definition) is 5. The molecule has 7 heteroatoms. The topological polar surface area (TPSA) is 49.6 Å². The fourth-order valence-corrected chi connectivity index (χ4v) is 4.51. The zero-order valence-corrected chi connectivity index (χ0v) is 14.3. The average Bonchev–Trinajstić information content (AvgIpc) is 3.22. The van der Waals surface area contributed by atoms with Crippen LogP contribution in [0.3, 0.4) is 0 Å². The Morgan fingerprint density at radius 2 is 2.17 bits per heavy atom. The molecule has 2 fully saturated rings. The lowest BCUT2D eigenvalue weighted by atomic mass is 9.93. The summed E-state index contributed by atoms with van der Waals surface area (Å²) in [5.41, 5.74) is 3.87. The summed E-state index contributed by atoms with van der Waals surface area (Å²) in [6.07, 6.45) is 6.05. The maximum atomic E-state index is 6.12. The molecule has 0 N–H and O–H groups in total. The number of nitrogens with zero attached hydrogens (tertiary/aromatic N) is 6. The van der Waals surface area contributed by atoms with Crippen molar-refractivity contribution < 1.29 is 0 Å². The smallest absolute Gasteiger partial charge is 0.184 e. The Balaban J connectivity index is 1.64. The van der Waals surface area contributed by atoms with Crippen molar-refractivity contribution in [2.75, 3.05) is 31.6 Å². The van der Waals surface area contributed by atoms with Gasteiger partial charge in [-0.2, -0.15) is 0 Å². The molecule has 0 aromatic carbocycles. The molecule has 5 heterocycles. The molecule has 5 rings (SSSR count). The van der Waals surface area contributed by atoms with Crippen LogP contribution in [-0.2, 0) is 0 Å². The minimum atomic E-state index is 0.624. The second-order valence-corrected chi connectivity index (χ2v) is 7.40. The molecule has 0 bridgehead atoms. The molecular formula is C17H19ClN6. The quantitative estimate of drug-likeness (QED) is 0.680. The highest BCUT2D eigenvalue weighted by Crippen LogP contribution is 2.35. The number of halogens is 1. The molecule has 3 aromatic rings. The average molecular weight is 343 g/mol. The summed E-state index contributed by atoms with van der Waals surface area (Å²) >= 11 is 6.12. The second-order valence-electron chi connectivity index (χ2n) is 6.97. The number of pyridine rings is 2. The van der Waals surface area contributed by atoms with Crippen LogP contribution in [0.2, 0.25) is 5.02 Å². The van der Waals surface area contributed by atoms with Gasteiger partial charge in [-0.3, -0.25) is 9.38 Å². The zero-order chi connectivity index (χ0) is 16.3. The predicted octanol–water partition coefficient (Wildman–Crippen LogP) is 2.46. The molecule has 0 radical (unpaired) electrons. The third-order valence-electron chi connectivity index (χ3n) is 5.57. The van der Waals surface area contributed by atoms with Crippen LogP contribution in [0.1, 0.15) is 12.8 Å². The van der Waals surface area contributed by atoms with Crippen molar-refractivity contribution in [2.24, 2.45) is 5.92 Å². The molecule has 2 aliphatic rings. The molecule has 0 aliphatic carbocycles. The SMILES string of the molecule is CN1CCCC2CN(c3cc4ncc(Cl)cc4n4cnnc34)CC21. The molecule has 2 unspecified atom stereocenters. The summed E-state index contributed by atoms with van der Waals surface area (Å²) < 4.78 is 2.00. The highest BCUT2D eigenvalue weighted by atomic mass is 35.5. The van der Waals surface area contributed by atoms with Crippen molar-refractivity contribution >= 4 is 34.0 Å². The van der Waals surface area contributed by atoms with E-state index in [1.54, 1.807) is 12.5 Å². The Kier molecular flexibility index (Phi) is 3.18. The molecule has 124 valence electrons. The number of aromatic nitrogens is 4. The lowest BCUT2D eigenvalue weighted by Crippen LogP contribution is -2.42. The minimum absolute atomic E-state index is 0.624. The van der Waals surface area contributed by atoms with Crippen LogP contribution in [0.15, 0.2) is 24.7 Å². The standard InChI is InChI=1S/C17H19ClN6/c1-22-4-2-3-11-8-23(9-16(11)22)15-6-13-14(5-12(18)7-19-13)24-10-20-21-17(15)24/h5-7,10-11,16H,2-4,8-9H2,1H3. The zero-order valence-electron chi connectivity index (χ0n) is 13.6. The Bertz CT molecular complexity index is 922. The van der Waals surface area contributed by atoms with Gasteiger partial charge in [-0.05, 0) is 44.5 Å². The third kappa shape index (κ3) is 2.09. The normalized spacial score (nSPS) is 24.8. The van der Waals surface area contributed by atoms with E-state index >= 15 is 0 Å². The van der Waals surface area contributed by atoms with Crippen molar-refractivity contribution in [1.29, 1.82) is 0 Å². The Labute approximate surface area is 145 Å². The summed E-state index contributed by atoms with van der Waals surface area (Å²) in [5.74, 6) is 0.737. The maximum absolute atomic E-state index is 6.12. The number of anilines is 1. The number of hydrogen-bond donors (Lipinski definition) is 0. The van der Waals surface area contributed by atoms with Gasteiger partial charge < -0.3 is 9.80 Å². The van der Waals surface area contributed by atoms with Gasteiger partial charge >= 0.3 is 0 Å². The van der Waals surface area contributed by atoms with Crippen molar-refractivity contribution in [3.8, 4) is 0 Å². The fraction of sp³-hybridized carbons (Fsp3) is 0.471. The Morgan fingerprint density at radius 3 is 3.04 bits per heavy atom. The predicted molar refractivity (Wildman–Crippen MR) is 94.7 cm³/mol. The lowest BCUT2D eigenvalue weighted by Gasteiger charge is -2.33. The first-order valence-electron chi connectivity index (χ1n) is 8.44. The van der Waals surface area contributed by atoms with Gasteiger partial charge in [0.1, 0.15) is 6.33 Å². The van der Waals surface area contributed by atoms with Crippen LogP contribution < -0.4 is 4.90 Å². The fourth-order valence-electron chi connectivity index (χ4n) is 4.36. The van der Waals surface area contributed by atoms with E-state index in [4.69, 9.17) is 11.6 Å². The van der Waals surface area contributed by atoms with Crippen molar-refractivity contribution in [1.82, 2.24) is 24.5 Å². The molecule has 0 spiro atoms. The number of rotatable bonds is 1. The molecule has 3 aromatic heterocycles. The molecule has 2 atom stereocenters. The first-order valence-corrected chi connectivity index (χ1v) is 8.82. The van der Waals surface area contributed by atoms with Crippen molar-refractivity contribution in [3.63, 3.8) is 0 Å². The van der Waals surface area contributed by atoms with Crippen LogP contribution >= 0.6 is 11.6 Å². The van der Waals surface area contributed by atoms with Gasteiger partial charge in [0.25, 0.3) is 0 Å². The number of fused-ring (bicyclic) bond motifs is 4. The van der Waals surface area contributed by atoms with Crippen LogP contribution in [0.25, 0.3) is 16.7 Å².